The third-order valence-electron chi connectivity index (χ3n) is 11.7. The van der Waals surface area contributed by atoms with Gasteiger partial charge in [-0.1, -0.05) is 185 Å². The van der Waals surface area contributed by atoms with Crippen LogP contribution in [-0.4, -0.2) is 26.4 Å². The molecular weight excluding hydrogens is 1070 g/mol. The van der Waals surface area contributed by atoms with Gasteiger partial charge in [0, 0.05) is 40.1 Å². The Kier molecular flexibility index (Phi) is 12.7. The van der Waals surface area contributed by atoms with Gasteiger partial charge >= 0.3 is 0 Å². The van der Waals surface area contributed by atoms with E-state index in [9.17, 15) is 0 Å². The third-order valence-corrected chi connectivity index (χ3v) is 13.7. The molecule has 0 radical (unpaired) electrons. The Morgan fingerprint density at radius 2 is 0.492 bits per heavy atom. The smallest absolute Gasteiger partial charge is 0.127 e. The quantitative estimate of drug-likeness (QED) is 0.152. The van der Waals surface area contributed by atoms with E-state index in [-0.39, 0.29) is 0 Å². The van der Waals surface area contributed by atoms with E-state index in [0.717, 1.165) is 106 Å². The number of halogens is 4. The van der Waals surface area contributed by atoms with Crippen molar-refractivity contribution in [2.75, 3.05) is 26.4 Å². The maximum Gasteiger partial charge on any atom is 0.127 e. The van der Waals surface area contributed by atoms with Crippen molar-refractivity contribution in [3.63, 3.8) is 0 Å². The summed E-state index contributed by atoms with van der Waals surface area (Å²) in [6.45, 7) is 1.24. The van der Waals surface area contributed by atoms with Gasteiger partial charge in [0.1, 0.15) is 54.8 Å². The van der Waals surface area contributed by atoms with E-state index in [4.69, 9.17) is 18.9 Å². The fraction of sp³-hybridized carbons (Fsp3) is 0.0877. The molecule has 0 fully saturated rings. The van der Waals surface area contributed by atoms with Crippen LogP contribution in [0.4, 0.5) is 0 Å². The van der Waals surface area contributed by atoms with Crippen LogP contribution in [0.15, 0.2) is 212 Å². The molecule has 8 heteroatoms. The minimum absolute atomic E-state index is 0.311. The molecule has 10 aromatic carbocycles. The molecule has 0 N–H and O–H groups in total. The van der Waals surface area contributed by atoms with Crippen LogP contribution < -0.4 is 18.9 Å². The highest BCUT2D eigenvalue weighted by Gasteiger charge is 2.39. The van der Waals surface area contributed by atoms with Crippen LogP contribution in [0.2, 0.25) is 0 Å². The Hall–Kier alpha value is -5.64. The highest BCUT2D eigenvalue weighted by atomic mass is 79.9. The number of ether oxygens (including phenoxy) is 4. The molecule has 0 aliphatic carbocycles. The summed E-state index contributed by atoms with van der Waals surface area (Å²) in [5.74, 6) is 3.15. The van der Waals surface area contributed by atoms with Crippen molar-refractivity contribution in [3.05, 3.63) is 212 Å². The Morgan fingerprint density at radius 1 is 0.277 bits per heavy atom. The maximum atomic E-state index is 6.98. The highest BCUT2D eigenvalue weighted by molar-refractivity contribution is 9.11. The van der Waals surface area contributed by atoms with Crippen LogP contribution in [0.3, 0.4) is 0 Å². The number of rotatable bonds is 0. The largest absolute Gasteiger partial charge is 0.492 e. The first kappa shape index (κ1) is 43.3. The average Bonchev–Trinajstić information content (AvgIpc) is 3.45. The molecule has 2 heterocycles. The minimum atomic E-state index is -0.690. The second kappa shape index (κ2) is 19.1. The van der Waals surface area contributed by atoms with E-state index in [1.165, 1.54) is 0 Å². The molecule has 320 valence electrons. The molecule has 0 bridgehead atoms. The summed E-state index contributed by atoms with van der Waals surface area (Å²) in [6.07, 6.45) is 0. The molecule has 1 spiro atoms. The molecule has 2 aliphatic heterocycles. The van der Waals surface area contributed by atoms with Gasteiger partial charge in [-0.25, -0.2) is 0 Å². The second-order valence-corrected chi connectivity index (χ2v) is 19.8. The highest BCUT2D eigenvalue weighted by Crippen LogP contribution is 2.50. The van der Waals surface area contributed by atoms with Crippen molar-refractivity contribution in [2.45, 2.75) is 0 Å². The summed E-state index contributed by atoms with van der Waals surface area (Å²) in [5.41, 5.74) is 3.33. The summed E-state index contributed by atoms with van der Waals surface area (Å²) < 4.78 is 32.0. The second-order valence-electron chi connectivity index (χ2n) is 16.2. The van der Waals surface area contributed by atoms with Gasteiger partial charge in [0.2, 0.25) is 0 Å². The van der Waals surface area contributed by atoms with E-state index in [1.807, 2.05) is 72.8 Å². The molecular formula is C57H40Br4O4. The van der Waals surface area contributed by atoms with Gasteiger partial charge in [-0.15, -0.1) is 0 Å². The Labute approximate surface area is 411 Å². The normalized spacial score (nSPS) is 13.6. The van der Waals surface area contributed by atoms with E-state index >= 15 is 0 Å². The van der Waals surface area contributed by atoms with Crippen LogP contribution >= 0.6 is 63.7 Å². The molecule has 0 atom stereocenters. The first-order valence-electron chi connectivity index (χ1n) is 21.2. The van der Waals surface area contributed by atoms with Crippen molar-refractivity contribution in [1.82, 2.24) is 0 Å². The molecule has 0 aromatic heterocycles. The number of benzene rings is 10. The summed E-state index contributed by atoms with van der Waals surface area (Å²) >= 11 is 14.7. The van der Waals surface area contributed by atoms with Crippen molar-refractivity contribution in [3.8, 4) is 45.3 Å². The Bertz CT molecular complexity index is 2870. The molecule has 10 aromatic rings. The van der Waals surface area contributed by atoms with Gasteiger partial charge in [-0.2, -0.15) is 0 Å². The molecule has 65 heavy (non-hydrogen) atoms. The monoisotopic (exact) mass is 1100 g/mol. The summed E-state index contributed by atoms with van der Waals surface area (Å²) in [5, 5.41) is 8.78. The lowest BCUT2D eigenvalue weighted by atomic mass is 9.92. The van der Waals surface area contributed by atoms with Crippen molar-refractivity contribution in [1.29, 1.82) is 0 Å². The zero-order valence-corrected chi connectivity index (χ0v) is 41.3. The fourth-order valence-electron chi connectivity index (χ4n) is 8.58. The van der Waals surface area contributed by atoms with E-state index in [1.54, 1.807) is 0 Å². The fourth-order valence-corrected chi connectivity index (χ4v) is 10.1. The molecule has 0 amide bonds. The van der Waals surface area contributed by atoms with Gasteiger partial charge in [-0.3, -0.25) is 0 Å². The summed E-state index contributed by atoms with van der Waals surface area (Å²) in [4.78, 5) is 0. The van der Waals surface area contributed by atoms with Gasteiger partial charge in [0.25, 0.3) is 0 Å². The standard InChI is InChI=1S/C45H28Br4O4.2C6H6/c46-29-5-9-33-25(17-29)1-13-37-41(33)42-34-10-6-30(47)18-26(34)2-14-38(42)51-22-45(21-50-37)23-52-39-15-3-27-19-31(48)7-11-35(27)43(39)44-36-12-8-32(49)20-28(36)4-16-40(44)53-24-45;2*1-2-4-6-5-3-1/h1-20H,21-24H2;2*1-6H. The first-order chi connectivity index (χ1) is 31.8. The molecule has 0 unspecified atom stereocenters. The third kappa shape index (κ3) is 9.15. The van der Waals surface area contributed by atoms with Gasteiger partial charge in [0.15, 0.2) is 0 Å². The zero-order valence-electron chi connectivity index (χ0n) is 34.9. The lowest BCUT2D eigenvalue weighted by Gasteiger charge is -2.32. The molecule has 0 saturated heterocycles. The SMILES string of the molecule is Brc1ccc2c3c(ccc2c1)OCC1(COc2ccc4cc(Br)ccc4c2-3)COc2ccc3cc(Br)ccc3c2-c2c(ccc3cc(Br)ccc23)OC1.c1ccccc1.c1ccccc1. The average molecular weight is 1110 g/mol. The predicted molar refractivity (Wildman–Crippen MR) is 282 cm³/mol. The molecule has 0 saturated carbocycles. The molecule has 2 aliphatic rings. The van der Waals surface area contributed by atoms with E-state index in [0.29, 0.717) is 26.4 Å². The van der Waals surface area contributed by atoms with Crippen LogP contribution in [-0.2, 0) is 0 Å². The summed E-state index contributed by atoms with van der Waals surface area (Å²) in [7, 11) is 0. The predicted octanol–water partition coefficient (Wildman–Crippen LogP) is 17.3. The van der Waals surface area contributed by atoms with Crippen molar-refractivity contribution in [2.24, 2.45) is 5.41 Å². The summed E-state index contributed by atoms with van der Waals surface area (Å²) in [6, 6.07) is 66.4. The van der Waals surface area contributed by atoms with Gasteiger partial charge in [0.05, 0.1) is 0 Å². The van der Waals surface area contributed by atoms with Crippen molar-refractivity contribution < 1.29 is 18.9 Å². The van der Waals surface area contributed by atoms with Crippen LogP contribution in [0.25, 0.3) is 65.3 Å². The number of hydrogen-bond donors (Lipinski definition) is 0. The van der Waals surface area contributed by atoms with Crippen molar-refractivity contribution >= 4 is 107 Å². The number of hydrogen-bond acceptors (Lipinski definition) is 4. The van der Waals surface area contributed by atoms with Crippen LogP contribution in [0.1, 0.15) is 0 Å². The Balaban J connectivity index is 0.000000361. The molecule has 4 nitrogen and oxygen atoms in total. The maximum absolute atomic E-state index is 6.98. The van der Waals surface area contributed by atoms with Gasteiger partial charge in [-0.05, 0) is 116 Å². The topological polar surface area (TPSA) is 36.9 Å². The Morgan fingerprint density at radius 3 is 0.708 bits per heavy atom. The zero-order chi connectivity index (χ0) is 44.3. The molecule has 12 rings (SSSR count). The van der Waals surface area contributed by atoms with Gasteiger partial charge < -0.3 is 18.9 Å². The first-order valence-corrected chi connectivity index (χ1v) is 24.4. The lowest BCUT2D eigenvalue weighted by molar-refractivity contribution is -0.00105. The van der Waals surface area contributed by atoms with E-state index < -0.39 is 5.41 Å². The van der Waals surface area contributed by atoms with Crippen LogP contribution in [0.5, 0.6) is 23.0 Å². The lowest BCUT2D eigenvalue weighted by Crippen LogP contribution is -2.45. The minimum Gasteiger partial charge on any atom is -0.492 e. The number of fused-ring (bicyclic) bond motifs is 14. The van der Waals surface area contributed by atoms with Crippen LogP contribution in [0, 0.1) is 5.41 Å². The van der Waals surface area contributed by atoms with E-state index in [2.05, 4.69) is 185 Å².